The van der Waals surface area contributed by atoms with Crippen LogP contribution in [-0.2, 0) is 4.79 Å². The first-order chi connectivity index (χ1) is 16.0. The molecule has 1 aliphatic rings. The van der Waals surface area contributed by atoms with Crippen LogP contribution in [0, 0.1) is 17.0 Å². The predicted molar refractivity (Wildman–Crippen MR) is 134 cm³/mol. The third-order valence-electron chi connectivity index (χ3n) is 5.58. The summed E-state index contributed by atoms with van der Waals surface area (Å²) in [5.41, 5.74) is 2.13. The van der Waals surface area contributed by atoms with E-state index in [0.29, 0.717) is 13.0 Å². The Balaban J connectivity index is 1.15. The van der Waals surface area contributed by atoms with Crippen LogP contribution < -0.4 is 10.2 Å². The zero-order valence-electron chi connectivity index (χ0n) is 18.5. The number of benzene rings is 2. The summed E-state index contributed by atoms with van der Waals surface area (Å²) in [5.74, 6) is 0.871. The number of thiazole rings is 1. The molecule has 0 saturated carbocycles. The number of non-ortho nitro benzene ring substituents is 1. The fourth-order valence-corrected chi connectivity index (χ4v) is 5.55. The lowest BCUT2D eigenvalue weighted by Crippen LogP contribution is -2.48. The zero-order chi connectivity index (χ0) is 23.2. The van der Waals surface area contributed by atoms with Crippen LogP contribution in [0.3, 0.4) is 0 Å². The van der Waals surface area contributed by atoms with Crippen molar-refractivity contribution in [3.8, 4) is 0 Å². The zero-order valence-corrected chi connectivity index (χ0v) is 20.2. The molecule has 3 aromatic rings. The summed E-state index contributed by atoms with van der Waals surface area (Å²) < 4.78 is 0.838. The largest absolute Gasteiger partial charge is 0.355 e. The Morgan fingerprint density at radius 2 is 1.94 bits per heavy atom. The number of nitrogens with zero attached hydrogens (tertiary/aromatic N) is 4. The lowest BCUT2D eigenvalue weighted by molar-refractivity contribution is -0.384. The van der Waals surface area contributed by atoms with Crippen LogP contribution in [0.25, 0.3) is 10.2 Å². The van der Waals surface area contributed by atoms with Gasteiger partial charge in [0, 0.05) is 68.5 Å². The quantitative estimate of drug-likeness (QED) is 0.279. The van der Waals surface area contributed by atoms with Gasteiger partial charge in [0.1, 0.15) is 0 Å². The summed E-state index contributed by atoms with van der Waals surface area (Å²) in [4.78, 5) is 33.1. The highest BCUT2D eigenvalue weighted by atomic mass is 32.2. The summed E-state index contributed by atoms with van der Waals surface area (Å²) in [6, 6.07) is 13.2. The highest BCUT2D eigenvalue weighted by Gasteiger charge is 2.20. The van der Waals surface area contributed by atoms with Crippen LogP contribution in [-0.4, -0.2) is 65.7 Å². The molecule has 0 bridgehead atoms. The summed E-state index contributed by atoms with van der Waals surface area (Å²) in [6.45, 7) is 7.05. The van der Waals surface area contributed by atoms with Crippen molar-refractivity contribution >= 4 is 50.0 Å². The molecule has 1 N–H and O–H groups in total. The lowest BCUT2D eigenvalue weighted by Gasteiger charge is -2.34. The highest BCUT2D eigenvalue weighted by molar-refractivity contribution is 7.99. The third kappa shape index (κ3) is 6.43. The molecule has 1 fully saturated rings. The SMILES string of the molecule is Cc1ccc(SCCC(=O)NCCN2CCN(c3nc4ccc([N+](=O)[O-])cc4s3)CC2)cc1. The maximum atomic E-state index is 12.1. The number of carbonyl (C=O) groups excluding carboxylic acids is 1. The molecular formula is C23H27N5O3S2. The van der Waals surface area contributed by atoms with Gasteiger partial charge in [0.15, 0.2) is 5.13 Å². The number of hydrogen-bond acceptors (Lipinski definition) is 8. The van der Waals surface area contributed by atoms with Gasteiger partial charge in [0.05, 0.1) is 15.1 Å². The Labute approximate surface area is 201 Å². The van der Waals surface area contributed by atoms with Crippen LogP contribution in [0.4, 0.5) is 10.8 Å². The van der Waals surface area contributed by atoms with Gasteiger partial charge in [-0.25, -0.2) is 4.98 Å². The number of nitrogens with one attached hydrogen (secondary N) is 1. The molecule has 0 aliphatic carbocycles. The summed E-state index contributed by atoms with van der Waals surface area (Å²) >= 11 is 3.20. The van der Waals surface area contributed by atoms with E-state index in [9.17, 15) is 14.9 Å². The molecule has 33 heavy (non-hydrogen) atoms. The molecule has 1 amide bonds. The van der Waals surface area contributed by atoms with Crippen molar-refractivity contribution in [1.82, 2.24) is 15.2 Å². The van der Waals surface area contributed by atoms with Crippen molar-refractivity contribution in [2.75, 3.05) is 49.9 Å². The number of anilines is 1. The van der Waals surface area contributed by atoms with Gasteiger partial charge in [-0.3, -0.25) is 19.8 Å². The van der Waals surface area contributed by atoms with Gasteiger partial charge in [-0.15, -0.1) is 11.8 Å². The standard InChI is InChI=1S/C23H27N5O3S2/c1-17-2-5-19(6-3-17)32-15-8-22(29)24-9-10-26-11-13-27(14-12-26)23-25-20-7-4-18(28(30)31)16-21(20)33-23/h2-7,16H,8-15H2,1H3,(H,24,29). The first-order valence-electron chi connectivity index (χ1n) is 11.0. The number of amides is 1. The molecular weight excluding hydrogens is 458 g/mol. The Bertz CT molecular complexity index is 1110. The van der Waals surface area contributed by atoms with Crippen molar-refractivity contribution in [1.29, 1.82) is 0 Å². The first kappa shape index (κ1) is 23.5. The molecule has 10 heteroatoms. The van der Waals surface area contributed by atoms with Crippen LogP contribution in [0.1, 0.15) is 12.0 Å². The van der Waals surface area contributed by atoms with Crippen molar-refractivity contribution in [3.05, 3.63) is 58.1 Å². The number of hydrogen-bond donors (Lipinski definition) is 1. The summed E-state index contributed by atoms with van der Waals surface area (Å²) in [7, 11) is 0. The van der Waals surface area contributed by atoms with E-state index in [1.54, 1.807) is 23.9 Å². The van der Waals surface area contributed by atoms with E-state index in [1.165, 1.54) is 27.9 Å². The molecule has 174 valence electrons. The number of aromatic nitrogens is 1. The number of nitro groups is 1. The van der Waals surface area contributed by atoms with E-state index in [0.717, 1.165) is 53.8 Å². The monoisotopic (exact) mass is 485 g/mol. The van der Waals surface area contributed by atoms with E-state index in [1.807, 2.05) is 0 Å². The Morgan fingerprint density at radius 1 is 1.18 bits per heavy atom. The van der Waals surface area contributed by atoms with Gasteiger partial charge < -0.3 is 10.2 Å². The van der Waals surface area contributed by atoms with Gasteiger partial charge in [-0.1, -0.05) is 29.0 Å². The number of aryl methyl sites for hydroxylation is 1. The van der Waals surface area contributed by atoms with Gasteiger partial charge >= 0.3 is 0 Å². The number of thioether (sulfide) groups is 1. The smallest absolute Gasteiger partial charge is 0.270 e. The van der Waals surface area contributed by atoms with Crippen molar-refractivity contribution in [2.24, 2.45) is 0 Å². The molecule has 1 aromatic heterocycles. The number of fused-ring (bicyclic) bond motifs is 1. The van der Waals surface area contributed by atoms with E-state index in [-0.39, 0.29) is 16.5 Å². The molecule has 0 spiro atoms. The van der Waals surface area contributed by atoms with E-state index < -0.39 is 0 Å². The average molecular weight is 486 g/mol. The van der Waals surface area contributed by atoms with Crippen LogP contribution in [0.2, 0.25) is 0 Å². The molecule has 0 unspecified atom stereocenters. The number of rotatable bonds is 9. The Morgan fingerprint density at radius 3 is 2.67 bits per heavy atom. The topological polar surface area (TPSA) is 91.6 Å². The molecule has 1 aliphatic heterocycles. The lowest BCUT2D eigenvalue weighted by atomic mass is 10.2. The van der Waals surface area contributed by atoms with Gasteiger partial charge in [0.25, 0.3) is 5.69 Å². The second-order valence-corrected chi connectivity index (χ2v) is 10.2. The maximum absolute atomic E-state index is 12.1. The molecule has 0 radical (unpaired) electrons. The summed E-state index contributed by atoms with van der Waals surface area (Å²) in [6.07, 6.45) is 0.516. The highest BCUT2D eigenvalue weighted by Crippen LogP contribution is 2.31. The van der Waals surface area contributed by atoms with Crippen LogP contribution in [0.5, 0.6) is 0 Å². The molecule has 2 aromatic carbocycles. The van der Waals surface area contributed by atoms with Crippen LogP contribution in [0.15, 0.2) is 47.4 Å². The van der Waals surface area contributed by atoms with E-state index >= 15 is 0 Å². The minimum absolute atomic E-state index is 0.0943. The third-order valence-corrected chi connectivity index (χ3v) is 7.68. The fraction of sp³-hybridized carbons (Fsp3) is 0.391. The molecule has 0 atom stereocenters. The maximum Gasteiger partial charge on any atom is 0.270 e. The van der Waals surface area contributed by atoms with Crippen molar-refractivity contribution in [3.63, 3.8) is 0 Å². The van der Waals surface area contributed by atoms with Crippen molar-refractivity contribution in [2.45, 2.75) is 18.2 Å². The molecule has 8 nitrogen and oxygen atoms in total. The van der Waals surface area contributed by atoms with E-state index in [4.69, 9.17) is 0 Å². The molecule has 2 heterocycles. The minimum atomic E-state index is -0.376. The van der Waals surface area contributed by atoms with Gasteiger partial charge in [-0.2, -0.15) is 0 Å². The molecule has 4 rings (SSSR count). The predicted octanol–water partition coefficient (Wildman–Crippen LogP) is 3.93. The Hall–Kier alpha value is -2.69. The second-order valence-electron chi connectivity index (χ2n) is 8.00. The normalized spacial score (nSPS) is 14.5. The molecule has 1 saturated heterocycles. The second kappa shape index (κ2) is 11.0. The number of nitro benzene ring substituents is 1. The average Bonchev–Trinajstić information content (AvgIpc) is 3.24. The van der Waals surface area contributed by atoms with Crippen molar-refractivity contribution < 1.29 is 9.72 Å². The first-order valence-corrected chi connectivity index (χ1v) is 12.8. The minimum Gasteiger partial charge on any atom is -0.355 e. The number of piperazine rings is 1. The summed E-state index contributed by atoms with van der Waals surface area (Å²) in [5, 5.41) is 14.9. The number of carbonyl (C=O) groups is 1. The fourth-order valence-electron chi connectivity index (χ4n) is 3.65. The van der Waals surface area contributed by atoms with E-state index in [2.05, 4.69) is 51.3 Å². The van der Waals surface area contributed by atoms with Gasteiger partial charge in [0.2, 0.25) is 5.91 Å². The van der Waals surface area contributed by atoms with Crippen LogP contribution >= 0.6 is 23.1 Å². The Kier molecular flexibility index (Phi) is 7.79. The van der Waals surface area contributed by atoms with Gasteiger partial charge in [-0.05, 0) is 25.1 Å².